The third kappa shape index (κ3) is 3.50. The van der Waals surface area contributed by atoms with Crippen molar-refractivity contribution in [3.05, 3.63) is 72.1 Å². The molecule has 0 radical (unpaired) electrons. The van der Waals surface area contributed by atoms with Crippen LogP contribution in [0.15, 0.2) is 60.9 Å². The number of nitrogens with zero attached hydrogens (tertiary/aromatic N) is 3. The van der Waals surface area contributed by atoms with Crippen LogP contribution in [0.4, 0.5) is 5.69 Å². The minimum atomic E-state index is -0.0925. The van der Waals surface area contributed by atoms with Crippen LogP contribution < -0.4 is 5.32 Å². The number of anilines is 1. The van der Waals surface area contributed by atoms with Crippen LogP contribution in [0.3, 0.4) is 0 Å². The van der Waals surface area contributed by atoms with Crippen molar-refractivity contribution in [3.63, 3.8) is 0 Å². The number of hydrogen-bond acceptors (Lipinski definition) is 3. The maximum absolute atomic E-state index is 11.1. The molecule has 1 N–H and O–H groups in total. The quantitative estimate of drug-likeness (QED) is 0.801. The van der Waals surface area contributed by atoms with Gasteiger partial charge < -0.3 is 9.88 Å². The minimum Gasteiger partial charge on any atom is -0.327 e. The Kier molecular flexibility index (Phi) is 4.39. The molecule has 5 heteroatoms. The molecule has 3 aromatic rings. The molecular formula is C19H16N4O. The first-order chi connectivity index (χ1) is 11.7. The van der Waals surface area contributed by atoms with Gasteiger partial charge in [-0.3, -0.25) is 4.79 Å². The molecule has 1 amide bonds. The van der Waals surface area contributed by atoms with Gasteiger partial charge in [-0.05, 0) is 42.0 Å². The second kappa shape index (κ2) is 6.80. The first-order valence-corrected chi connectivity index (χ1v) is 7.54. The van der Waals surface area contributed by atoms with Gasteiger partial charge in [0.15, 0.2) is 0 Å². The highest BCUT2D eigenvalue weighted by Crippen LogP contribution is 2.21. The van der Waals surface area contributed by atoms with E-state index in [9.17, 15) is 4.79 Å². The second-order valence-corrected chi connectivity index (χ2v) is 5.45. The highest BCUT2D eigenvalue weighted by atomic mass is 16.1. The van der Waals surface area contributed by atoms with E-state index >= 15 is 0 Å². The molecule has 0 saturated heterocycles. The van der Waals surface area contributed by atoms with Crippen molar-refractivity contribution in [2.24, 2.45) is 0 Å². The van der Waals surface area contributed by atoms with Gasteiger partial charge in [0.25, 0.3) is 0 Å². The van der Waals surface area contributed by atoms with Crippen molar-refractivity contribution in [2.75, 3.05) is 5.32 Å². The van der Waals surface area contributed by atoms with Crippen molar-refractivity contribution in [1.82, 2.24) is 9.55 Å². The van der Waals surface area contributed by atoms with Crippen molar-refractivity contribution >= 4 is 11.6 Å². The van der Waals surface area contributed by atoms with Gasteiger partial charge >= 0.3 is 0 Å². The number of nitriles is 1. The Labute approximate surface area is 140 Å². The van der Waals surface area contributed by atoms with E-state index in [2.05, 4.69) is 20.9 Å². The van der Waals surface area contributed by atoms with E-state index in [0.29, 0.717) is 12.1 Å². The Morgan fingerprint density at radius 3 is 2.50 bits per heavy atom. The molecule has 0 atom stereocenters. The maximum Gasteiger partial charge on any atom is 0.221 e. The third-order valence-corrected chi connectivity index (χ3v) is 3.61. The van der Waals surface area contributed by atoms with Crippen molar-refractivity contribution in [1.29, 1.82) is 5.26 Å². The first-order valence-electron chi connectivity index (χ1n) is 7.54. The largest absolute Gasteiger partial charge is 0.327 e. The zero-order chi connectivity index (χ0) is 16.9. The summed E-state index contributed by atoms with van der Waals surface area (Å²) in [6, 6.07) is 17.2. The zero-order valence-corrected chi connectivity index (χ0v) is 13.2. The molecule has 0 fully saturated rings. The topological polar surface area (TPSA) is 70.7 Å². The highest BCUT2D eigenvalue weighted by molar-refractivity contribution is 5.88. The molecule has 0 aliphatic rings. The predicted molar refractivity (Wildman–Crippen MR) is 92.2 cm³/mol. The summed E-state index contributed by atoms with van der Waals surface area (Å²) >= 11 is 0. The molecule has 1 heterocycles. The van der Waals surface area contributed by atoms with Crippen LogP contribution in [0.5, 0.6) is 0 Å². The highest BCUT2D eigenvalue weighted by Gasteiger charge is 2.07. The van der Waals surface area contributed by atoms with Crippen LogP contribution in [-0.2, 0) is 11.3 Å². The van der Waals surface area contributed by atoms with Gasteiger partial charge in [-0.1, -0.05) is 12.1 Å². The van der Waals surface area contributed by atoms with Gasteiger partial charge in [0, 0.05) is 37.1 Å². The number of aromatic nitrogens is 2. The number of carbonyl (C=O) groups is 1. The Bertz CT molecular complexity index is 886. The molecule has 3 rings (SSSR count). The molecule has 0 aliphatic heterocycles. The Morgan fingerprint density at radius 2 is 1.88 bits per heavy atom. The average Bonchev–Trinajstić information content (AvgIpc) is 3.04. The van der Waals surface area contributed by atoms with E-state index in [-0.39, 0.29) is 5.91 Å². The van der Waals surface area contributed by atoms with Crippen molar-refractivity contribution < 1.29 is 4.79 Å². The van der Waals surface area contributed by atoms with Crippen molar-refractivity contribution in [2.45, 2.75) is 13.5 Å². The monoisotopic (exact) mass is 316 g/mol. The first kappa shape index (κ1) is 15.5. The molecule has 24 heavy (non-hydrogen) atoms. The van der Waals surface area contributed by atoms with Gasteiger partial charge in [-0.15, -0.1) is 0 Å². The molecule has 0 unspecified atom stereocenters. The normalized spacial score (nSPS) is 10.2. The van der Waals surface area contributed by atoms with E-state index in [1.165, 1.54) is 6.92 Å². The van der Waals surface area contributed by atoms with Gasteiger partial charge in [0.05, 0.1) is 11.6 Å². The van der Waals surface area contributed by atoms with Crippen LogP contribution in [-0.4, -0.2) is 15.5 Å². The smallest absolute Gasteiger partial charge is 0.221 e. The lowest BCUT2D eigenvalue weighted by Gasteiger charge is -2.09. The number of rotatable bonds is 4. The summed E-state index contributed by atoms with van der Waals surface area (Å²) in [6.45, 7) is 2.16. The molecule has 0 bridgehead atoms. The third-order valence-electron chi connectivity index (χ3n) is 3.61. The van der Waals surface area contributed by atoms with Gasteiger partial charge in [0.2, 0.25) is 5.91 Å². The Morgan fingerprint density at radius 1 is 1.17 bits per heavy atom. The minimum absolute atomic E-state index is 0.0925. The van der Waals surface area contributed by atoms with E-state index in [4.69, 9.17) is 5.26 Å². The van der Waals surface area contributed by atoms with Crippen LogP contribution in [0.25, 0.3) is 11.4 Å². The summed E-state index contributed by atoms with van der Waals surface area (Å²) in [4.78, 5) is 15.5. The van der Waals surface area contributed by atoms with Gasteiger partial charge in [-0.25, -0.2) is 4.98 Å². The Hall–Kier alpha value is -3.39. The molecule has 118 valence electrons. The predicted octanol–water partition coefficient (Wildman–Crippen LogP) is 3.43. The Balaban J connectivity index is 1.81. The van der Waals surface area contributed by atoms with Crippen LogP contribution >= 0.6 is 0 Å². The number of carbonyl (C=O) groups excluding carboxylic acids is 1. The summed E-state index contributed by atoms with van der Waals surface area (Å²) in [5, 5.41) is 11.6. The molecular weight excluding hydrogens is 300 g/mol. The zero-order valence-electron chi connectivity index (χ0n) is 13.2. The van der Waals surface area contributed by atoms with E-state index < -0.39 is 0 Å². The molecule has 0 saturated carbocycles. The second-order valence-electron chi connectivity index (χ2n) is 5.45. The van der Waals surface area contributed by atoms with Crippen LogP contribution in [0.2, 0.25) is 0 Å². The van der Waals surface area contributed by atoms with E-state index in [1.807, 2.05) is 54.7 Å². The molecule has 0 spiro atoms. The number of imidazole rings is 1. The summed E-state index contributed by atoms with van der Waals surface area (Å²) in [6.07, 6.45) is 3.69. The average molecular weight is 316 g/mol. The molecule has 0 aliphatic carbocycles. The summed E-state index contributed by atoms with van der Waals surface area (Å²) in [7, 11) is 0. The van der Waals surface area contributed by atoms with E-state index in [0.717, 1.165) is 22.6 Å². The summed E-state index contributed by atoms with van der Waals surface area (Å²) in [5.41, 5.74) is 3.49. The number of hydrogen-bond donors (Lipinski definition) is 1. The SMILES string of the molecule is CC(=O)Nc1ccc(-c2nccn2Cc2ccc(C#N)cc2)cc1. The number of amides is 1. The molecule has 1 aromatic heterocycles. The standard InChI is InChI=1S/C19H16N4O/c1-14(24)22-18-8-6-17(7-9-18)19-21-10-11-23(19)13-16-4-2-15(12-20)3-5-16/h2-11H,13H2,1H3,(H,22,24). The molecule has 5 nitrogen and oxygen atoms in total. The lowest BCUT2D eigenvalue weighted by molar-refractivity contribution is -0.114. The lowest BCUT2D eigenvalue weighted by atomic mass is 10.1. The van der Waals surface area contributed by atoms with Gasteiger partial charge in [0.1, 0.15) is 5.82 Å². The fourth-order valence-electron chi connectivity index (χ4n) is 2.48. The van der Waals surface area contributed by atoms with Crippen LogP contribution in [0, 0.1) is 11.3 Å². The number of nitrogens with one attached hydrogen (secondary N) is 1. The summed E-state index contributed by atoms with van der Waals surface area (Å²) < 4.78 is 2.05. The van der Waals surface area contributed by atoms with E-state index in [1.54, 1.807) is 6.20 Å². The van der Waals surface area contributed by atoms with Crippen LogP contribution in [0.1, 0.15) is 18.1 Å². The lowest BCUT2D eigenvalue weighted by Crippen LogP contribution is -2.05. The summed E-state index contributed by atoms with van der Waals surface area (Å²) in [5.74, 6) is 0.763. The van der Waals surface area contributed by atoms with Crippen molar-refractivity contribution in [3.8, 4) is 17.5 Å². The fourth-order valence-corrected chi connectivity index (χ4v) is 2.48. The van der Waals surface area contributed by atoms with Gasteiger partial charge in [-0.2, -0.15) is 5.26 Å². The fraction of sp³-hybridized carbons (Fsp3) is 0.105. The molecule has 2 aromatic carbocycles. The maximum atomic E-state index is 11.1. The number of benzene rings is 2.